The molecule has 2 rings (SSSR count). The molecule has 0 bridgehead atoms. The van der Waals surface area contributed by atoms with Gasteiger partial charge in [0.25, 0.3) is 0 Å². The van der Waals surface area contributed by atoms with Gasteiger partial charge in [0.15, 0.2) is 0 Å². The summed E-state index contributed by atoms with van der Waals surface area (Å²) in [4.78, 5) is 48.6. The maximum Gasteiger partial charge on any atom is 0.242 e. The van der Waals surface area contributed by atoms with Crippen LogP contribution in [-0.4, -0.2) is 53.0 Å². The van der Waals surface area contributed by atoms with E-state index in [-0.39, 0.29) is 41.1 Å². The second kappa shape index (κ2) is 8.65. The molecule has 0 aromatic carbocycles. The highest BCUT2D eigenvalue weighted by molar-refractivity contribution is 8.00. The maximum absolute atomic E-state index is 12.4. The predicted octanol–water partition coefficient (Wildman–Crippen LogP) is 1.38. The normalized spacial score (nSPS) is 27.4. The number of nitrogens with zero attached hydrogens (tertiary/aromatic N) is 1. The molecule has 134 valence electrons. The minimum absolute atomic E-state index is 0.0612. The van der Waals surface area contributed by atoms with Crippen LogP contribution in [0.15, 0.2) is 0 Å². The topological polar surface area (TPSA) is 83.6 Å². The molecule has 0 aromatic heterocycles. The van der Waals surface area contributed by atoms with Crippen LogP contribution in [0.4, 0.5) is 0 Å². The summed E-state index contributed by atoms with van der Waals surface area (Å²) in [5, 5.41) is 2.35. The number of carbonyl (C=O) groups is 4. The van der Waals surface area contributed by atoms with Gasteiger partial charge >= 0.3 is 0 Å². The monoisotopic (exact) mass is 354 g/mol. The molecule has 6 nitrogen and oxygen atoms in total. The van der Waals surface area contributed by atoms with Crippen molar-refractivity contribution >= 4 is 35.3 Å². The molecule has 1 atom stereocenters. The summed E-state index contributed by atoms with van der Waals surface area (Å²) in [6.07, 6.45) is 4.06. The predicted molar refractivity (Wildman–Crippen MR) is 92.4 cm³/mol. The number of thioether (sulfide) groups is 1. The van der Waals surface area contributed by atoms with E-state index in [2.05, 4.69) is 5.32 Å². The third-order valence-corrected chi connectivity index (χ3v) is 6.09. The molecule has 3 amide bonds. The Balaban J connectivity index is 1.80. The first-order chi connectivity index (χ1) is 11.4. The number of likely N-dealkylation sites (tertiary alicyclic amines) is 1. The smallest absolute Gasteiger partial charge is 0.242 e. The van der Waals surface area contributed by atoms with Crippen LogP contribution in [0.5, 0.6) is 0 Å². The van der Waals surface area contributed by atoms with Gasteiger partial charge in [0.1, 0.15) is 5.78 Å². The highest BCUT2D eigenvalue weighted by Crippen LogP contribution is 2.32. The molecule has 1 saturated carbocycles. The van der Waals surface area contributed by atoms with Crippen molar-refractivity contribution in [2.24, 2.45) is 11.8 Å². The molecule has 1 heterocycles. The van der Waals surface area contributed by atoms with Crippen molar-refractivity contribution in [2.75, 3.05) is 19.3 Å². The van der Waals surface area contributed by atoms with Gasteiger partial charge in [-0.25, -0.2) is 0 Å². The lowest BCUT2D eigenvalue weighted by Gasteiger charge is -2.29. The number of amides is 3. The molecule has 1 aliphatic carbocycles. The number of hydrogen-bond acceptors (Lipinski definition) is 5. The van der Waals surface area contributed by atoms with Crippen molar-refractivity contribution in [2.45, 2.75) is 50.7 Å². The standard InChI is InChI=1S/C17H26N2O4S/c1-11(20)7-8-24-14-9-15(21)19(17(14)23)10-12-3-5-13(6-4-12)16(22)18-2/h12-14H,3-10H2,1-2H3,(H,18,22). The Morgan fingerprint density at radius 3 is 2.46 bits per heavy atom. The molecule has 7 heteroatoms. The Bertz CT molecular complexity index is 515. The third-order valence-electron chi connectivity index (χ3n) is 4.88. The number of carbonyl (C=O) groups excluding carboxylic acids is 4. The second-order valence-electron chi connectivity index (χ2n) is 6.69. The molecular weight excluding hydrogens is 328 g/mol. The van der Waals surface area contributed by atoms with Crippen LogP contribution in [0.25, 0.3) is 0 Å². The zero-order valence-electron chi connectivity index (χ0n) is 14.4. The summed E-state index contributed by atoms with van der Waals surface area (Å²) >= 11 is 1.41. The van der Waals surface area contributed by atoms with Crippen molar-refractivity contribution in [1.82, 2.24) is 10.2 Å². The highest BCUT2D eigenvalue weighted by Gasteiger charge is 2.40. The highest BCUT2D eigenvalue weighted by atomic mass is 32.2. The molecule has 1 N–H and O–H groups in total. The first kappa shape index (κ1) is 19.0. The zero-order chi connectivity index (χ0) is 17.7. The zero-order valence-corrected chi connectivity index (χ0v) is 15.2. The van der Waals surface area contributed by atoms with E-state index in [0.29, 0.717) is 24.6 Å². The van der Waals surface area contributed by atoms with Crippen LogP contribution in [0.3, 0.4) is 0 Å². The van der Waals surface area contributed by atoms with Gasteiger partial charge in [-0.1, -0.05) is 0 Å². The van der Waals surface area contributed by atoms with Crippen LogP contribution in [0.2, 0.25) is 0 Å². The average Bonchev–Trinajstić information content (AvgIpc) is 2.82. The van der Waals surface area contributed by atoms with Crippen LogP contribution < -0.4 is 5.32 Å². The van der Waals surface area contributed by atoms with Gasteiger partial charge in [0.05, 0.1) is 5.25 Å². The van der Waals surface area contributed by atoms with Gasteiger partial charge in [-0.15, -0.1) is 11.8 Å². The first-order valence-corrected chi connectivity index (χ1v) is 9.64. The Hall–Kier alpha value is -1.37. The van der Waals surface area contributed by atoms with Crippen LogP contribution >= 0.6 is 11.8 Å². The number of rotatable bonds is 7. The van der Waals surface area contributed by atoms with E-state index < -0.39 is 0 Å². The molecule has 2 fully saturated rings. The van der Waals surface area contributed by atoms with E-state index >= 15 is 0 Å². The van der Waals surface area contributed by atoms with Crippen molar-refractivity contribution in [3.05, 3.63) is 0 Å². The lowest BCUT2D eigenvalue weighted by Crippen LogP contribution is -2.38. The van der Waals surface area contributed by atoms with Gasteiger partial charge in [-0.2, -0.15) is 0 Å². The Kier molecular flexibility index (Phi) is 6.83. The van der Waals surface area contributed by atoms with Gasteiger partial charge < -0.3 is 5.32 Å². The SMILES string of the molecule is CNC(=O)C1CCC(CN2C(=O)CC(SCCC(C)=O)C2=O)CC1. The maximum atomic E-state index is 12.4. The number of nitrogens with one attached hydrogen (secondary N) is 1. The van der Waals surface area contributed by atoms with E-state index in [9.17, 15) is 19.2 Å². The molecular formula is C17H26N2O4S. The van der Waals surface area contributed by atoms with Crippen LogP contribution in [0.1, 0.15) is 45.4 Å². The van der Waals surface area contributed by atoms with E-state index in [4.69, 9.17) is 0 Å². The van der Waals surface area contributed by atoms with Gasteiger partial charge in [-0.3, -0.25) is 24.1 Å². The molecule has 1 unspecified atom stereocenters. The summed E-state index contributed by atoms with van der Waals surface area (Å²) in [7, 11) is 1.65. The summed E-state index contributed by atoms with van der Waals surface area (Å²) in [5.41, 5.74) is 0. The minimum atomic E-state index is -0.334. The number of imide groups is 1. The van der Waals surface area contributed by atoms with Crippen molar-refractivity contribution in [1.29, 1.82) is 0 Å². The lowest BCUT2D eigenvalue weighted by molar-refractivity contribution is -0.139. The number of Topliss-reactive ketones (excluding diaryl/α,β-unsaturated/α-hetero) is 1. The summed E-state index contributed by atoms with van der Waals surface area (Å²) in [6.45, 7) is 2.01. The molecule has 0 radical (unpaired) electrons. The quantitative estimate of drug-likeness (QED) is 0.698. The Morgan fingerprint density at radius 2 is 1.88 bits per heavy atom. The fourth-order valence-electron chi connectivity index (χ4n) is 3.39. The first-order valence-electron chi connectivity index (χ1n) is 8.59. The Labute approximate surface area is 147 Å². The summed E-state index contributed by atoms with van der Waals surface area (Å²) in [5.74, 6) is 0.915. The van der Waals surface area contributed by atoms with Gasteiger partial charge in [0.2, 0.25) is 17.7 Å². The molecule has 1 saturated heterocycles. The number of hydrogen-bond donors (Lipinski definition) is 1. The molecule has 2 aliphatic rings. The fraction of sp³-hybridized carbons (Fsp3) is 0.765. The average molecular weight is 354 g/mol. The number of ketones is 1. The largest absolute Gasteiger partial charge is 0.359 e. The van der Waals surface area contributed by atoms with Crippen molar-refractivity contribution in [3.63, 3.8) is 0 Å². The molecule has 1 aliphatic heterocycles. The molecule has 24 heavy (non-hydrogen) atoms. The fourth-order valence-corrected chi connectivity index (χ4v) is 4.61. The lowest BCUT2D eigenvalue weighted by atomic mass is 9.81. The van der Waals surface area contributed by atoms with E-state index in [1.807, 2.05) is 0 Å². The van der Waals surface area contributed by atoms with E-state index in [1.54, 1.807) is 7.05 Å². The molecule has 0 aromatic rings. The molecule has 0 spiro atoms. The Morgan fingerprint density at radius 1 is 1.21 bits per heavy atom. The van der Waals surface area contributed by atoms with Gasteiger partial charge in [0, 0.05) is 38.1 Å². The van der Waals surface area contributed by atoms with Crippen molar-refractivity contribution in [3.8, 4) is 0 Å². The van der Waals surface area contributed by atoms with Crippen molar-refractivity contribution < 1.29 is 19.2 Å². The summed E-state index contributed by atoms with van der Waals surface area (Å²) in [6, 6.07) is 0. The minimum Gasteiger partial charge on any atom is -0.359 e. The van der Waals surface area contributed by atoms with Crippen LogP contribution in [-0.2, 0) is 19.2 Å². The van der Waals surface area contributed by atoms with Gasteiger partial charge in [-0.05, 0) is 38.5 Å². The van der Waals surface area contributed by atoms with E-state index in [0.717, 1.165) is 25.7 Å². The van der Waals surface area contributed by atoms with E-state index in [1.165, 1.54) is 23.6 Å². The second-order valence-corrected chi connectivity index (χ2v) is 8.00. The van der Waals surface area contributed by atoms with Crippen LogP contribution in [0, 0.1) is 11.8 Å². The summed E-state index contributed by atoms with van der Waals surface area (Å²) < 4.78 is 0. The third kappa shape index (κ3) is 4.82.